The lowest BCUT2D eigenvalue weighted by Gasteiger charge is -2.16. The van der Waals surface area contributed by atoms with Crippen molar-refractivity contribution >= 4 is 22.2 Å². The van der Waals surface area contributed by atoms with E-state index in [4.69, 9.17) is 0 Å². The predicted octanol–water partition coefficient (Wildman–Crippen LogP) is 6.78. The Hall–Kier alpha value is -3.52. The Balaban J connectivity index is 1.84. The molecular formula is C26H20N2. The second-order valence-corrected chi connectivity index (χ2v) is 7.42. The second kappa shape index (κ2) is 6.00. The van der Waals surface area contributed by atoms with Gasteiger partial charge in [0.25, 0.3) is 0 Å². The highest BCUT2D eigenvalue weighted by atomic mass is 15.0. The minimum atomic E-state index is 1.05. The molecule has 3 aromatic carbocycles. The summed E-state index contributed by atoms with van der Waals surface area (Å²) in [5, 5.41) is 5.06. The van der Waals surface area contributed by atoms with E-state index in [9.17, 15) is 0 Å². The summed E-state index contributed by atoms with van der Waals surface area (Å²) in [4.78, 5) is 0. The Labute approximate surface area is 164 Å². The normalized spacial score (nSPS) is 14.9. The summed E-state index contributed by atoms with van der Waals surface area (Å²) in [6.45, 7) is 0. The van der Waals surface area contributed by atoms with E-state index in [1.54, 1.807) is 0 Å². The average Bonchev–Trinajstić information content (AvgIpc) is 3.02. The molecule has 1 N–H and O–H groups in total. The molecule has 0 amide bonds. The van der Waals surface area contributed by atoms with Crippen LogP contribution in [0.4, 0.5) is 5.69 Å². The summed E-state index contributed by atoms with van der Waals surface area (Å²) in [7, 11) is 0. The predicted molar refractivity (Wildman–Crippen MR) is 118 cm³/mol. The highest BCUT2D eigenvalue weighted by molar-refractivity contribution is 6.07. The van der Waals surface area contributed by atoms with Crippen LogP contribution in [0.25, 0.3) is 33.4 Å². The van der Waals surface area contributed by atoms with E-state index in [-0.39, 0.29) is 0 Å². The van der Waals surface area contributed by atoms with Gasteiger partial charge in [-0.15, -0.1) is 0 Å². The second-order valence-electron chi connectivity index (χ2n) is 7.42. The standard InChI is InChI=1S/C26H20N2/c1-2-10-18(11-3-1)28-24-17-9-6-14-21(24)25-19-12-4-7-15-22(19)27-23-16-8-5-13-20(23)26(25)28/h1-6,8-14,16-17,27H,7,15H2. The molecule has 2 nitrogen and oxygen atoms in total. The van der Waals surface area contributed by atoms with Gasteiger partial charge in [0, 0.05) is 39.2 Å². The summed E-state index contributed by atoms with van der Waals surface area (Å²) < 4.78 is 2.42. The van der Waals surface area contributed by atoms with Gasteiger partial charge in [-0.05, 0) is 37.1 Å². The average molecular weight is 360 g/mol. The number of benzene rings is 3. The zero-order chi connectivity index (χ0) is 18.5. The molecule has 0 saturated heterocycles. The van der Waals surface area contributed by atoms with E-state index < -0.39 is 0 Å². The van der Waals surface area contributed by atoms with Crippen molar-refractivity contribution in [1.29, 1.82) is 0 Å². The first kappa shape index (κ1) is 15.5. The first-order valence-corrected chi connectivity index (χ1v) is 9.87. The van der Waals surface area contributed by atoms with E-state index in [2.05, 4.69) is 101 Å². The Kier molecular flexibility index (Phi) is 3.33. The van der Waals surface area contributed by atoms with Gasteiger partial charge in [-0.25, -0.2) is 0 Å². The molecule has 0 bridgehead atoms. The van der Waals surface area contributed by atoms with Crippen molar-refractivity contribution in [3.63, 3.8) is 0 Å². The highest BCUT2D eigenvalue weighted by Crippen LogP contribution is 2.47. The first-order valence-electron chi connectivity index (χ1n) is 9.87. The number of aromatic nitrogens is 1. The van der Waals surface area contributed by atoms with Crippen LogP contribution in [0.3, 0.4) is 0 Å². The molecule has 0 atom stereocenters. The van der Waals surface area contributed by atoms with Crippen molar-refractivity contribution in [2.45, 2.75) is 12.8 Å². The minimum absolute atomic E-state index is 1.05. The van der Waals surface area contributed by atoms with E-state index in [0.29, 0.717) is 0 Å². The van der Waals surface area contributed by atoms with Gasteiger partial charge in [-0.1, -0.05) is 66.7 Å². The van der Waals surface area contributed by atoms with Gasteiger partial charge < -0.3 is 9.88 Å². The van der Waals surface area contributed by atoms with Crippen molar-refractivity contribution in [1.82, 2.24) is 4.57 Å². The lowest BCUT2D eigenvalue weighted by atomic mass is 9.94. The number of hydrogen-bond donors (Lipinski definition) is 1. The summed E-state index contributed by atoms with van der Waals surface area (Å²) in [6, 6.07) is 28.2. The number of anilines is 1. The molecule has 6 rings (SSSR count). The lowest BCUT2D eigenvalue weighted by molar-refractivity contribution is 0.974. The number of nitrogens with one attached hydrogen (secondary N) is 1. The maximum Gasteiger partial charge on any atom is 0.0641 e. The highest BCUT2D eigenvalue weighted by Gasteiger charge is 2.28. The molecule has 0 spiro atoms. The van der Waals surface area contributed by atoms with Crippen LogP contribution in [0.5, 0.6) is 0 Å². The maximum atomic E-state index is 3.75. The van der Waals surface area contributed by atoms with Crippen molar-refractivity contribution in [3.8, 4) is 16.9 Å². The third-order valence-corrected chi connectivity index (χ3v) is 5.80. The quantitative estimate of drug-likeness (QED) is 0.396. The summed E-state index contributed by atoms with van der Waals surface area (Å²) in [5.41, 5.74) is 10.1. The smallest absolute Gasteiger partial charge is 0.0641 e. The first-order chi connectivity index (χ1) is 13.9. The molecule has 2 aliphatic rings. The Morgan fingerprint density at radius 3 is 2.50 bits per heavy atom. The van der Waals surface area contributed by atoms with Gasteiger partial charge in [-0.3, -0.25) is 0 Å². The fraction of sp³-hybridized carbons (Fsp3) is 0.0769. The Morgan fingerprint density at radius 2 is 1.57 bits per heavy atom. The zero-order valence-corrected chi connectivity index (χ0v) is 15.5. The molecule has 1 aliphatic carbocycles. The van der Waals surface area contributed by atoms with Gasteiger partial charge in [0.05, 0.1) is 11.2 Å². The van der Waals surface area contributed by atoms with Crippen LogP contribution in [-0.2, 0) is 0 Å². The zero-order valence-electron chi connectivity index (χ0n) is 15.5. The molecule has 0 fully saturated rings. The van der Waals surface area contributed by atoms with Crippen molar-refractivity contribution in [2.75, 3.05) is 5.32 Å². The molecule has 1 aromatic heterocycles. The molecule has 0 saturated carbocycles. The van der Waals surface area contributed by atoms with Gasteiger partial charge in [0.15, 0.2) is 0 Å². The summed E-state index contributed by atoms with van der Waals surface area (Å²) in [5.74, 6) is 0. The van der Waals surface area contributed by atoms with Crippen LogP contribution < -0.4 is 5.32 Å². The Morgan fingerprint density at radius 1 is 0.786 bits per heavy atom. The van der Waals surface area contributed by atoms with Gasteiger partial charge in [0.2, 0.25) is 0 Å². The van der Waals surface area contributed by atoms with E-state index >= 15 is 0 Å². The fourth-order valence-electron chi connectivity index (χ4n) is 4.60. The van der Waals surface area contributed by atoms with Gasteiger partial charge >= 0.3 is 0 Å². The van der Waals surface area contributed by atoms with Crippen molar-refractivity contribution < 1.29 is 0 Å². The van der Waals surface area contributed by atoms with E-state index in [1.165, 1.54) is 50.4 Å². The van der Waals surface area contributed by atoms with Crippen molar-refractivity contribution in [2.24, 2.45) is 0 Å². The van der Waals surface area contributed by atoms with Gasteiger partial charge in [0.1, 0.15) is 0 Å². The molecule has 2 heteroatoms. The topological polar surface area (TPSA) is 17.0 Å². The van der Waals surface area contributed by atoms with Crippen LogP contribution >= 0.6 is 0 Å². The minimum Gasteiger partial charge on any atom is -0.358 e. The molecule has 2 heterocycles. The number of nitrogens with zero attached hydrogens (tertiary/aromatic N) is 1. The Bertz CT molecular complexity index is 1270. The molecule has 4 aromatic rings. The van der Waals surface area contributed by atoms with Crippen molar-refractivity contribution in [3.05, 3.63) is 102 Å². The molecule has 134 valence electrons. The fourth-order valence-corrected chi connectivity index (χ4v) is 4.60. The monoisotopic (exact) mass is 360 g/mol. The molecule has 1 aliphatic heterocycles. The number of fused-ring (bicyclic) bond motifs is 6. The summed E-state index contributed by atoms with van der Waals surface area (Å²) >= 11 is 0. The lowest BCUT2D eigenvalue weighted by Crippen LogP contribution is -2.03. The van der Waals surface area contributed by atoms with Crippen LogP contribution in [0.15, 0.2) is 96.7 Å². The van der Waals surface area contributed by atoms with E-state index in [1.807, 2.05) is 0 Å². The van der Waals surface area contributed by atoms with Crippen LogP contribution in [0.1, 0.15) is 18.4 Å². The molecule has 0 unspecified atom stereocenters. The van der Waals surface area contributed by atoms with E-state index in [0.717, 1.165) is 12.8 Å². The summed E-state index contributed by atoms with van der Waals surface area (Å²) in [6.07, 6.45) is 6.73. The number of rotatable bonds is 1. The van der Waals surface area contributed by atoms with Gasteiger partial charge in [-0.2, -0.15) is 0 Å². The maximum absolute atomic E-state index is 3.75. The molecule has 28 heavy (non-hydrogen) atoms. The van der Waals surface area contributed by atoms with Crippen LogP contribution in [-0.4, -0.2) is 4.57 Å². The largest absolute Gasteiger partial charge is 0.358 e. The van der Waals surface area contributed by atoms with Crippen LogP contribution in [0, 0.1) is 0 Å². The number of allylic oxidation sites excluding steroid dienone is 4. The van der Waals surface area contributed by atoms with Crippen LogP contribution in [0.2, 0.25) is 0 Å². The third kappa shape index (κ3) is 2.15. The molecular weight excluding hydrogens is 340 g/mol. The third-order valence-electron chi connectivity index (χ3n) is 5.80. The SMILES string of the molecule is C1=CC2=C(CC1)Nc1ccccc1-c1c2c2ccccc2n1-c1ccccc1. The molecule has 0 radical (unpaired) electrons. The number of para-hydroxylation sites is 3. The number of hydrogen-bond acceptors (Lipinski definition) is 1.